The second-order valence-electron chi connectivity index (χ2n) is 3.69. The van der Waals surface area contributed by atoms with E-state index in [-0.39, 0.29) is 36.3 Å². The smallest absolute Gasteiger partial charge is 0.0953 e. The summed E-state index contributed by atoms with van der Waals surface area (Å²) in [6.07, 6.45) is 1.79. The molecular formula is C7H14ClNO2. The van der Waals surface area contributed by atoms with Crippen molar-refractivity contribution in [1.82, 2.24) is 0 Å². The fourth-order valence-corrected chi connectivity index (χ4v) is 2.16. The molecule has 3 fully saturated rings. The van der Waals surface area contributed by atoms with E-state index in [1.807, 2.05) is 6.92 Å². The summed E-state index contributed by atoms with van der Waals surface area (Å²) in [5.41, 5.74) is 5.53. The summed E-state index contributed by atoms with van der Waals surface area (Å²) in [5.74, 6) is 0. The zero-order valence-corrected chi connectivity index (χ0v) is 7.36. The molecular weight excluding hydrogens is 166 g/mol. The molecule has 2 aliphatic heterocycles. The molecule has 66 valence electrons. The molecule has 0 radical (unpaired) electrons. The Bertz CT molecular complexity index is 162. The van der Waals surface area contributed by atoms with Crippen molar-refractivity contribution < 1.29 is 9.84 Å². The van der Waals surface area contributed by atoms with E-state index in [1.54, 1.807) is 0 Å². The summed E-state index contributed by atoms with van der Waals surface area (Å²) in [6.45, 7) is 2.10. The van der Waals surface area contributed by atoms with Gasteiger partial charge in [0.1, 0.15) is 0 Å². The fourth-order valence-electron chi connectivity index (χ4n) is 2.16. The van der Waals surface area contributed by atoms with Crippen LogP contribution in [0, 0.1) is 0 Å². The number of nitrogens with two attached hydrogens (primary N) is 1. The highest BCUT2D eigenvalue weighted by Gasteiger charge is 2.64. The average Bonchev–Trinajstić information content (AvgIpc) is 2.17. The molecule has 0 amide bonds. The normalized spacial score (nSPS) is 53.2. The van der Waals surface area contributed by atoms with Crippen LogP contribution < -0.4 is 5.73 Å². The van der Waals surface area contributed by atoms with Crippen LogP contribution >= 0.6 is 12.4 Å². The van der Waals surface area contributed by atoms with Crippen LogP contribution in [0.15, 0.2) is 0 Å². The molecule has 1 aliphatic carbocycles. The molecule has 3 nitrogen and oxygen atoms in total. The number of ether oxygens (including phenoxy) is 1. The highest BCUT2D eigenvalue weighted by atomic mass is 35.5. The molecule has 1 unspecified atom stereocenters. The zero-order valence-electron chi connectivity index (χ0n) is 6.54. The minimum absolute atomic E-state index is 0. The van der Waals surface area contributed by atoms with Crippen molar-refractivity contribution in [2.24, 2.45) is 5.73 Å². The number of halogens is 1. The molecule has 4 heteroatoms. The highest BCUT2D eigenvalue weighted by molar-refractivity contribution is 5.85. The molecule has 11 heavy (non-hydrogen) atoms. The third-order valence-electron chi connectivity index (χ3n) is 2.83. The van der Waals surface area contributed by atoms with E-state index in [4.69, 9.17) is 15.6 Å². The van der Waals surface area contributed by atoms with Crippen molar-refractivity contribution in [3.8, 4) is 0 Å². The van der Waals surface area contributed by atoms with Crippen LogP contribution in [0.2, 0.25) is 0 Å². The van der Waals surface area contributed by atoms with Gasteiger partial charge in [-0.3, -0.25) is 0 Å². The number of hydrogen-bond acceptors (Lipinski definition) is 3. The molecule has 3 aliphatic rings. The lowest BCUT2D eigenvalue weighted by Crippen LogP contribution is -2.58. The topological polar surface area (TPSA) is 55.5 Å². The molecule has 3 N–H and O–H groups in total. The molecule has 0 spiro atoms. The number of rotatable bonds is 1. The van der Waals surface area contributed by atoms with E-state index >= 15 is 0 Å². The summed E-state index contributed by atoms with van der Waals surface area (Å²) in [4.78, 5) is 0. The molecule has 3 rings (SSSR count). The van der Waals surface area contributed by atoms with Gasteiger partial charge >= 0.3 is 0 Å². The number of fused-ring (bicyclic) bond motifs is 1. The van der Waals surface area contributed by atoms with Crippen LogP contribution in [-0.2, 0) is 4.74 Å². The second kappa shape index (κ2) is 2.33. The van der Waals surface area contributed by atoms with Crippen molar-refractivity contribution in [2.45, 2.75) is 37.0 Å². The maximum Gasteiger partial charge on any atom is 0.0953 e. The quantitative estimate of drug-likeness (QED) is 0.598. The van der Waals surface area contributed by atoms with Crippen LogP contribution in [0.25, 0.3) is 0 Å². The predicted molar refractivity (Wildman–Crippen MR) is 43.8 cm³/mol. The molecule has 0 aromatic rings. The Kier molecular flexibility index (Phi) is 1.96. The van der Waals surface area contributed by atoms with Crippen LogP contribution in [0.1, 0.15) is 19.8 Å². The fraction of sp³-hybridized carbons (Fsp3) is 1.00. The first-order chi connectivity index (χ1) is 4.60. The Hall–Kier alpha value is 0.170. The molecule has 1 saturated carbocycles. The van der Waals surface area contributed by atoms with Crippen molar-refractivity contribution in [3.05, 3.63) is 0 Å². The SMILES string of the molecule is CC1OC2(CO)CC1(N)C2.Cl. The van der Waals surface area contributed by atoms with Crippen molar-refractivity contribution in [2.75, 3.05) is 6.61 Å². The lowest BCUT2D eigenvalue weighted by molar-refractivity contribution is -0.0599. The van der Waals surface area contributed by atoms with Gasteiger partial charge in [0.05, 0.1) is 18.3 Å². The van der Waals surface area contributed by atoms with Crippen LogP contribution in [0.4, 0.5) is 0 Å². The zero-order chi connectivity index (χ0) is 7.41. The highest BCUT2D eigenvalue weighted by Crippen LogP contribution is 2.53. The van der Waals surface area contributed by atoms with Crippen LogP contribution in [-0.4, -0.2) is 29.0 Å². The van der Waals surface area contributed by atoms with Gasteiger partial charge < -0.3 is 15.6 Å². The van der Waals surface area contributed by atoms with Gasteiger partial charge in [-0.05, 0) is 19.8 Å². The van der Waals surface area contributed by atoms with Gasteiger partial charge in [-0.25, -0.2) is 0 Å². The first kappa shape index (κ1) is 9.26. The van der Waals surface area contributed by atoms with Crippen LogP contribution in [0.5, 0.6) is 0 Å². The minimum Gasteiger partial charge on any atom is -0.393 e. The van der Waals surface area contributed by atoms with Gasteiger partial charge in [-0.2, -0.15) is 0 Å². The van der Waals surface area contributed by atoms with Gasteiger partial charge in [0.15, 0.2) is 0 Å². The Morgan fingerprint density at radius 3 is 2.36 bits per heavy atom. The molecule has 2 bridgehead atoms. The molecule has 1 atom stereocenters. The van der Waals surface area contributed by atoms with Gasteiger partial charge in [-0.15, -0.1) is 12.4 Å². The van der Waals surface area contributed by atoms with Gasteiger partial charge in [-0.1, -0.05) is 0 Å². The van der Waals surface area contributed by atoms with E-state index in [9.17, 15) is 0 Å². The van der Waals surface area contributed by atoms with Gasteiger partial charge in [0.2, 0.25) is 0 Å². The maximum atomic E-state index is 8.91. The van der Waals surface area contributed by atoms with Gasteiger partial charge in [0, 0.05) is 5.54 Å². The Morgan fingerprint density at radius 2 is 2.18 bits per heavy atom. The summed E-state index contributed by atoms with van der Waals surface area (Å²) in [6, 6.07) is 0. The molecule has 0 aromatic heterocycles. The molecule has 0 aromatic carbocycles. The lowest BCUT2D eigenvalue weighted by Gasteiger charge is -2.41. The molecule has 2 saturated heterocycles. The Morgan fingerprint density at radius 1 is 1.64 bits per heavy atom. The summed E-state index contributed by atoms with van der Waals surface area (Å²) >= 11 is 0. The third kappa shape index (κ3) is 0.991. The van der Waals surface area contributed by atoms with E-state index < -0.39 is 0 Å². The summed E-state index contributed by atoms with van der Waals surface area (Å²) in [5, 5.41) is 8.91. The van der Waals surface area contributed by atoms with Crippen LogP contribution in [0.3, 0.4) is 0 Å². The molecule has 2 heterocycles. The number of aliphatic hydroxyl groups excluding tert-OH is 1. The second-order valence-corrected chi connectivity index (χ2v) is 3.69. The average molecular weight is 180 g/mol. The monoisotopic (exact) mass is 179 g/mol. The third-order valence-corrected chi connectivity index (χ3v) is 2.83. The predicted octanol–water partition coefficient (Wildman–Crippen LogP) is 0.0493. The van der Waals surface area contributed by atoms with E-state index in [2.05, 4.69) is 0 Å². The summed E-state index contributed by atoms with van der Waals surface area (Å²) < 4.78 is 5.50. The van der Waals surface area contributed by atoms with Crippen molar-refractivity contribution >= 4 is 12.4 Å². The largest absolute Gasteiger partial charge is 0.393 e. The summed E-state index contributed by atoms with van der Waals surface area (Å²) in [7, 11) is 0. The van der Waals surface area contributed by atoms with E-state index in [0.29, 0.717) is 0 Å². The first-order valence-corrected chi connectivity index (χ1v) is 3.68. The first-order valence-electron chi connectivity index (χ1n) is 3.68. The van der Waals surface area contributed by atoms with Crippen molar-refractivity contribution in [3.63, 3.8) is 0 Å². The minimum atomic E-state index is -0.256. The van der Waals surface area contributed by atoms with E-state index in [1.165, 1.54) is 0 Å². The Labute approximate surface area is 72.3 Å². The Balaban J connectivity index is 0.000000605. The standard InChI is InChI=1S/C7H13NO2.ClH/c1-5-7(8)2-6(3-7,4-9)10-5;/h5,9H,2-4,8H2,1H3;1H. The lowest BCUT2D eigenvalue weighted by atomic mass is 9.67. The number of hydrogen-bond donors (Lipinski definition) is 2. The number of aliphatic hydroxyl groups is 1. The maximum absolute atomic E-state index is 8.91. The van der Waals surface area contributed by atoms with Crippen molar-refractivity contribution in [1.29, 1.82) is 0 Å². The van der Waals surface area contributed by atoms with Gasteiger partial charge in [0.25, 0.3) is 0 Å². The van der Waals surface area contributed by atoms with E-state index in [0.717, 1.165) is 12.8 Å².